The number of anilines is 1. The number of fused-ring (bicyclic) bond motifs is 1. The van der Waals surface area contributed by atoms with E-state index in [9.17, 15) is 9.59 Å². The monoisotopic (exact) mass is 452 g/mol. The zero-order valence-electron chi connectivity index (χ0n) is 15.7. The molecule has 29 heavy (non-hydrogen) atoms. The lowest BCUT2D eigenvalue weighted by molar-refractivity contribution is -0.0172. The van der Waals surface area contributed by atoms with E-state index in [4.69, 9.17) is 0 Å². The highest BCUT2D eigenvalue weighted by Gasteiger charge is 2.54. The summed E-state index contributed by atoms with van der Waals surface area (Å²) < 4.78 is 0.980. The number of H-pyrrole nitrogens is 1. The van der Waals surface area contributed by atoms with Gasteiger partial charge in [0.2, 0.25) is 0 Å². The van der Waals surface area contributed by atoms with Crippen LogP contribution in [0.1, 0.15) is 37.3 Å². The van der Waals surface area contributed by atoms with Gasteiger partial charge >= 0.3 is 6.03 Å². The smallest absolute Gasteiger partial charge is 0.319 e. The van der Waals surface area contributed by atoms with Crippen LogP contribution >= 0.6 is 15.9 Å². The second-order valence-electron chi connectivity index (χ2n) is 8.30. The van der Waals surface area contributed by atoms with E-state index >= 15 is 0 Å². The van der Waals surface area contributed by atoms with Gasteiger partial charge in [-0.3, -0.25) is 4.79 Å². The predicted molar refractivity (Wildman–Crippen MR) is 116 cm³/mol. The maximum Gasteiger partial charge on any atom is 0.319 e. The predicted octanol–water partition coefficient (Wildman–Crippen LogP) is 4.53. The van der Waals surface area contributed by atoms with Crippen molar-refractivity contribution < 1.29 is 4.79 Å². The summed E-state index contributed by atoms with van der Waals surface area (Å²) in [5, 5.41) is 14.6. The van der Waals surface area contributed by atoms with Crippen LogP contribution in [0.5, 0.6) is 0 Å². The Labute approximate surface area is 176 Å². The fourth-order valence-electron chi connectivity index (χ4n) is 4.93. The van der Waals surface area contributed by atoms with Crippen molar-refractivity contribution in [1.82, 2.24) is 15.5 Å². The van der Waals surface area contributed by atoms with Crippen LogP contribution in [0.3, 0.4) is 0 Å². The van der Waals surface area contributed by atoms with Crippen molar-refractivity contribution in [3.63, 3.8) is 0 Å². The van der Waals surface area contributed by atoms with E-state index in [0.717, 1.165) is 46.9 Å². The fourth-order valence-corrected chi connectivity index (χ4v) is 5.20. The number of carbonyl (C=O) groups is 1. The lowest BCUT2D eigenvalue weighted by Crippen LogP contribution is -2.56. The lowest BCUT2D eigenvalue weighted by atomic mass is 9.49. The number of aromatic amines is 1. The Morgan fingerprint density at radius 3 is 2.45 bits per heavy atom. The van der Waals surface area contributed by atoms with E-state index in [-0.39, 0.29) is 17.6 Å². The van der Waals surface area contributed by atoms with Gasteiger partial charge in [0.15, 0.2) is 0 Å². The fraction of sp³-hybridized carbons (Fsp3) is 0.318. The highest BCUT2D eigenvalue weighted by atomic mass is 79.9. The molecule has 0 unspecified atom stereocenters. The zero-order chi connectivity index (χ0) is 20.0. The van der Waals surface area contributed by atoms with Gasteiger partial charge in [-0.15, -0.1) is 0 Å². The number of amides is 2. The van der Waals surface area contributed by atoms with Crippen molar-refractivity contribution in [2.24, 2.45) is 5.41 Å². The summed E-state index contributed by atoms with van der Waals surface area (Å²) in [6.45, 7) is 0. The van der Waals surface area contributed by atoms with Gasteiger partial charge in [-0.05, 0) is 61.4 Å². The van der Waals surface area contributed by atoms with Crippen molar-refractivity contribution in [1.29, 1.82) is 0 Å². The van der Waals surface area contributed by atoms with Crippen LogP contribution in [0.15, 0.2) is 57.8 Å². The molecule has 2 aliphatic carbocycles. The molecule has 3 N–H and O–H groups in total. The van der Waals surface area contributed by atoms with Crippen LogP contribution in [0.2, 0.25) is 0 Å². The minimum Gasteiger partial charge on any atom is -0.335 e. The average molecular weight is 453 g/mol. The van der Waals surface area contributed by atoms with Gasteiger partial charge in [-0.25, -0.2) is 9.89 Å². The molecule has 0 bridgehead atoms. The van der Waals surface area contributed by atoms with Gasteiger partial charge in [-0.2, -0.15) is 5.10 Å². The molecule has 2 fully saturated rings. The molecule has 0 aliphatic heterocycles. The van der Waals surface area contributed by atoms with Gasteiger partial charge in [0.1, 0.15) is 0 Å². The summed E-state index contributed by atoms with van der Waals surface area (Å²) in [5.74, 6) is 0.370. The van der Waals surface area contributed by atoms with Crippen LogP contribution in [0.4, 0.5) is 10.5 Å². The standard InChI is InChI=1S/C22H21BrN4O2/c23-14-5-7-15(8-6-14)24-21(29)25-16-11-22(12-16)9-13(10-22)19-17-3-1-2-4-18(17)20(28)27-26-19/h1-8,13,16H,9-12H2,(H,27,28)(H2,24,25,29). The number of hydrogen-bond acceptors (Lipinski definition) is 3. The zero-order valence-corrected chi connectivity index (χ0v) is 17.3. The number of rotatable bonds is 3. The Bertz CT molecular complexity index is 1130. The molecule has 2 amide bonds. The number of benzene rings is 2. The molecule has 5 rings (SSSR count). The van der Waals surface area contributed by atoms with Crippen LogP contribution in [0, 0.1) is 5.41 Å². The Hall–Kier alpha value is -2.67. The van der Waals surface area contributed by atoms with E-state index in [1.807, 2.05) is 48.5 Å². The van der Waals surface area contributed by atoms with E-state index in [0.29, 0.717) is 16.7 Å². The molecule has 0 atom stereocenters. The van der Waals surface area contributed by atoms with Crippen LogP contribution in [-0.2, 0) is 0 Å². The molecule has 1 aromatic heterocycles. The summed E-state index contributed by atoms with van der Waals surface area (Å²) in [6, 6.07) is 15.3. The SMILES string of the molecule is O=C(Nc1ccc(Br)cc1)NC1CC2(C1)CC(c1n[nH]c(=O)c3ccccc13)C2. The van der Waals surface area contributed by atoms with Crippen molar-refractivity contribution in [2.45, 2.75) is 37.6 Å². The average Bonchev–Trinajstić information content (AvgIpc) is 2.66. The number of aromatic nitrogens is 2. The minimum atomic E-state index is -0.156. The van der Waals surface area contributed by atoms with E-state index in [1.165, 1.54) is 0 Å². The number of halogens is 1. The molecule has 1 spiro atoms. The second-order valence-corrected chi connectivity index (χ2v) is 9.21. The molecule has 3 aromatic rings. The molecule has 2 aliphatic rings. The first-order chi connectivity index (χ1) is 14.0. The maximum atomic E-state index is 12.2. The molecular weight excluding hydrogens is 432 g/mol. The molecule has 6 nitrogen and oxygen atoms in total. The molecule has 0 radical (unpaired) electrons. The third-order valence-corrected chi connectivity index (χ3v) is 6.80. The summed E-state index contributed by atoms with van der Waals surface area (Å²) in [6.07, 6.45) is 4.11. The Kier molecular flexibility index (Phi) is 4.42. The van der Waals surface area contributed by atoms with Crippen LogP contribution in [0.25, 0.3) is 10.8 Å². The number of carbonyl (C=O) groups excluding carboxylic acids is 1. The molecular formula is C22H21BrN4O2. The first-order valence-corrected chi connectivity index (χ1v) is 10.6. The first kappa shape index (κ1) is 18.4. The molecule has 7 heteroatoms. The molecule has 148 valence electrons. The molecule has 2 aromatic carbocycles. The second kappa shape index (κ2) is 6.99. The van der Waals surface area contributed by atoms with Gasteiger partial charge in [-0.1, -0.05) is 34.1 Å². The molecule has 2 saturated carbocycles. The quantitative estimate of drug-likeness (QED) is 0.545. The number of nitrogens with one attached hydrogen (secondary N) is 3. The number of hydrogen-bond donors (Lipinski definition) is 3. The minimum absolute atomic E-state index is 0.136. The van der Waals surface area contributed by atoms with E-state index < -0.39 is 0 Å². The van der Waals surface area contributed by atoms with E-state index in [1.54, 1.807) is 0 Å². The van der Waals surface area contributed by atoms with Crippen molar-refractivity contribution in [3.05, 3.63) is 69.1 Å². The Morgan fingerprint density at radius 2 is 1.72 bits per heavy atom. The van der Waals surface area contributed by atoms with E-state index in [2.05, 4.69) is 36.8 Å². The topological polar surface area (TPSA) is 86.9 Å². The summed E-state index contributed by atoms with van der Waals surface area (Å²) >= 11 is 3.39. The third kappa shape index (κ3) is 3.44. The maximum absolute atomic E-state index is 12.2. The highest BCUT2D eigenvalue weighted by molar-refractivity contribution is 9.10. The van der Waals surface area contributed by atoms with Gasteiger partial charge < -0.3 is 10.6 Å². The summed E-state index contributed by atoms with van der Waals surface area (Å²) in [4.78, 5) is 24.2. The van der Waals surface area contributed by atoms with Crippen molar-refractivity contribution in [2.75, 3.05) is 5.32 Å². The van der Waals surface area contributed by atoms with Crippen LogP contribution in [-0.4, -0.2) is 22.3 Å². The van der Waals surface area contributed by atoms with Gasteiger partial charge in [0.25, 0.3) is 5.56 Å². The van der Waals surface area contributed by atoms with Gasteiger partial charge in [0.05, 0.1) is 11.1 Å². The summed E-state index contributed by atoms with van der Waals surface area (Å²) in [5.41, 5.74) is 1.94. The summed E-state index contributed by atoms with van der Waals surface area (Å²) in [7, 11) is 0. The largest absolute Gasteiger partial charge is 0.335 e. The molecule has 1 heterocycles. The van der Waals surface area contributed by atoms with Crippen molar-refractivity contribution in [3.8, 4) is 0 Å². The Morgan fingerprint density at radius 1 is 1.03 bits per heavy atom. The van der Waals surface area contributed by atoms with Gasteiger partial charge in [0, 0.05) is 27.5 Å². The lowest BCUT2D eigenvalue weighted by Gasteiger charge is -2.57. The third-order valence-electron chi connectivity index (χ3n) is 6.27. The normalized spacial score (nSPS) is 25.3. The Balaban J connectivity index is 1.17. The van der Waals surface area contributed by atoms with Crippen molar-refractivity contribution >= 4 is 38.4 Å². The number of urea groups is 1. The molecule has 0 saturated heterocycles. The first-order valence-electron chi connectivity index (χ1n) is 9.82. The highest BCUT2D eigenvalue weighted by Crippen LogP contribution is 2.62. The van der Waals surface area contributed by atoms with Crippen LogP contribution < -0.4 is 16.2 Å². The number of nitrogens with zero attached hydrogens (tertiary/aromatic N) is 1.